The Balaban J connectivity index is 2.10. The molecule has 1 heterocycles. The van der Waals surface area contributed by atoms with Crippen molar-refractivity contribution in [1.29, 1.82) is 0 Å². The Kier molecular flexibility index (Phi) is 4.16. The van der Waals surface area contributed by atoms with Crippen LogP contribution in [0.15, 0.2) is 30.6 Å². The third kappa shape index (κ3) is 4.59. The molecule has 6 nitrogen and oxygen atoms in total. The van der Waals surface area contributed by atoms with Crippen LogP contribution in [0.1, 0.15) is 0 Å². The summed E-state index contributed by atoms with van der Waals surface area (Å²) in [6.07, 6.45) is -9.14. The molecule has 0 bridgehead atoms. The molecule has 0 atom stereocenters. The molecule has 1 aromatic heterocycles. The quantitative estimate of drug-likeness (QED) is 0.634. The summed E-state index contributed by atoms with van der Waals surface area (Å²) in [5, 5.41) is 3.44. The van der Waals surface area contributed by atoms with Gasteiger partial charge in [0.25, 0.3) is 0 Å². The van der Waals surface area contributed by atoms with E-state index in [9.17, 15) is 31.1 Å². The van der Waals surface area contributed by atoms with Gasteiger partial charge in [-0.2, -0.15) is 18.2 Å². The maximum atomic E-state index is 12.0. The van der Waals surface area contributed by atoms with Crippen molar-refractivity contribution in [3.63, 3.8) is 0 Å². The van der Waals surface area contributed by atoms with E-state index in [2.05, 4.69) is 19.6 Å². The number of hydrogen-bond donors (Lipinski definition) is 0. The summed E-state index contributed by atoms with van der Waals surface area (Å²) in [6, 6.07) is 3.36. The first-order valence-corrected chi connectivity index (χ1v) is 5.61. The van der Waals surface area contributed by atoms with Crippen LogP contribution in [-0.2, 0) is 4.79 Å². The number of benzene rings is 1. The highest BCUT2D eigenvalue weighted by molar-refractivity contribution is 5.77. The predicted octanol–water partition coefficient (Wildman–Crippen LogP) is 2.63. The third-order valence-corrected chi connectivity index (χ3v) is 2.22. The lowest BCUT2D eigenvalue weighted by atomic mass is 10.3. The number of ether oxygens (including phenoxy) is 2. The molecule has 23 heavy (non-hydrogen) atoms. The molecule has 0 radical (unpaired) electrons. The Morgan fingerprint density at radius 3 is 2.17 bits per heavy atom. The van der Waals surface area contributed by atoms with Crippen LogP contribution in [0.2, 0.25) is 0 Å². The van der Waals surface area contributed by atoms with E-state index >= 15 is 0 Å². The molecule has 0 amide bonds. The fourth-order valence-corrected chi connectivity index (χ4v) is 1.36. The molecule has 0 aliphatic heterocycles. The van der Waals surface area contributed by atoms with Crippen molar-refractivity contribution in [2.75, 3.05) is 0 Å². The largest absolute Gasteiger partial charge is 0.573 e. The number of halogens is 6. The highest BCUT2D eigenvalue weighted by Gasteiger charge is 2.42. The molecule has 0 fully saturated rings. The Hall–Kier alpha value is -2.79. The molecular formula is C11H5F6N3O3. The molecular weight excluding hydrogens is 336 g/mol. The minimum atomic E-state index is -5.21. The van der Waals surface area contributed by atoms with Gasteiger partial charge in [-0.3, -0.25) is 0 Å². The van der Waals surface area contributed by atoms with Crippen molar-refractivity contribution in [3.05, 3.63) is 30.6 Å². The number of hydrogen-bond acceptors (Lipinski definition) is 5. The van der Waals surface area contributed by atoms with Crippen LogP contribution >= 0.6 is 0 Å². The Bertz CT molecular complexity index is 692. The van der Waals surface area contributed by atoms with E-state index in [0.717, 1.165) is 35.3 Å². The number of nitrogens with zero attached hydrogens (tertiary/aromatic N) is 3. The van der Waals surface area contributed by atoms with Gasteiger partial charge in [0.1, 0.15) is 12.1 Å². The van der Waals surface area contributed by atoms with Gasteiger partial charge in [0.15, 0.2) is 0 Å². The van der Waals surface area contributed by atoms with Crippen LogP contribution < -0.4 is 9.47 Å². The van der Waals surface area contributed by atoms with Gasteiger partial charge in [-0.15, -0.1) is 18.3 Å². The standard InChI is InChI=1S/C11H5F6N3O3/c12-10(13,14)8(21)22-9-18-5-20(19-9)6-1-3-7(4-2-6)23-11(15,16)17/h1-5H. The molecule has 1 aromatic carbocycles. The summed E-state index contributed by atoms with van der Waals surface area (Å²) in [7, 11) is 0. The number of rotatable bonds is 3. The van der Waals surface area contributed by atoms with Crippen molar-refractivity contribution in [2.45, 2.75) is 12.5 Å². The summed E-state index contributed by atoms with van der Waals surface area (Å²) in [5.74, 6) is -2.99. The lowest BCUT2D eigenvalue weighted by Gasteiger charge is -2.09. The fourth-order valence-electron chi connectivity index (χ4n) is 1.36. The van der Waals surface area contributed by atoms with E-state index < -0.39 is 30.3 Å². The second-order valence-corrected chi connectivity index (χ2v) is 3.90. The van der Waals surface area contributed by atoms with Crippen molar-refractivity contribution in [2.24, 2.45) is 0 Å². The first-order chi connectivity index (χ1) is 10.5. The summed E-state index contributed by atoms with van der Waals surface area (Å²) in [6.45, 7) is 0. The van der Waals surface area contributed by atoms with E-state index in [1.807, 2.05) is 0 Å². The number of aromatic nitrogens is 3. The highest BCUT2D eigenvalue weighted by atomic mass is 19.4. The van der Waals surface area contributed by atoms with Gasteiger partial charge in [0, 0.05) is 0 Å². The van der Waals surface area contributed by atoms with Crippen LogP contribution in [0.3, 0.4) is 0 Å². The van der Waals surface area contributed by atoms with Gasteiger partial charge in [-0.25, -0.2) is 9.48 Å². The van der Waals surface area contributed by atoms with E-state index in [-0.39, 0.29) is 5.69 Å². The molecule has 0 saturated carbocycles. The second-order valence-electron chi connectivity index (χ2n) is 3.90. The monoisotopic (exact) mass is 341 g/mol. The minimum Gasteiger partial charge on any atom is -0.406 e. The van der Waals surface area contributed by atoms with Crippen molar-refractivity contribution in [1.82, 2.24) is 14.8 Å². The lowest BCUT2D eigenvalue weighted by molar-refractivity contribution is -0.274. The minimum absolute atomic E-state index is 0.154. The van der Waals surface area contributed by atoms with E-state index in [1.54, 1.807) is 0 Å². The third-order valence-electron chi connectivity index (χ3n) is 2.22. The maximum Gasteiger partial charge on any atom is 0.573 e. The summed E-state index contributed by atoms with van der Waals surface area (Å²) >= 11 is 0. The summed E-state index contributed by atoms with van der Waals surface area (Å²) in [5.41, 5.74) is 0.154. The van der Waals surface area contributed by atoms with Gasteiger partial charge >= 0.3 is 24.5 Å². The smallest absolute Gasteiger partial charge is 0.406 e. The first-order valence-electron chi connectivity index (χ1n) is 5.61. The van der Waals surface area contributed by atoms with Crippen LogP contribution in [0.4, 0.5) is 26.3 Å². The topological polar surface area (TPSA) is 66.2 Å². The molecule has 0 aliphatic carbocycles. The van der Waals surface area contributed by atoms with E-state index in [1.165, 1.54) is 0 Å². The summed E-state index contributed by atoms with van der Waals surface area (Å²) < 4.78 is 80.4. The number of alkyl halides is 6. The van der Waals surface area contributed by atoms with Crippen molar-refractivity contribution < 1.29 is 40.6 Å². The number of carbonyl (C=O) groups excluding carboxylic acids is 1. The average Bonchev–Trinajstić information content (AvgIpc) is 2.85. The van der Waals surface area contributed by atoms with Gasteiger partial charge in [0.05, 0.1) is 5.69 Å². The molecule has 0 spiro atoms. The number of esters is 1. The molecule has 0 aliphatic rings. The molecule has 2 aromatic rings. The van der Waals surface area contributed by atoms with E-state index in [0.29, 0.717) is 0 Å². The summed E-state index contributed by atoms with van der Waals surface area (Å²) in [4.78, 5) is 13.9. The van der Waals surface area contributed by atoms with Gasteiger partial charge in [-0.05, 0) is 24.3 Å². The Labute approximate surface area is 123 Å². The second kappa shape index (κ2) is 5.78. The Morgan fingerprint density at radius 2 is 1.65 bits per heavy atom. The van der Waals surface area contributed by atoms with Crippen LogP contribution in [0.5, 0.6) is 11.8 Å². The zero-order valence-corrected chi connectivity index (χ0v) is 10.7. The predicted molar refractivity (Wildman–Crippen MR) is 59.7 cm³/mol. The molecule has 2 rings (SSSR count). The average molecular weight is 341 g/mol. The zero-order valence-electron chi connectivity index (χ0n) is 10.7. The molecule has 0 unspecified atom stereocenters. The highest BCUT2D eigenvalue weighted by Crippen LogP contribution is 2.24. The normalized spacial score (nSPS) is 12.1. The molecule has 12 heteroatoms. The maximum absolute atomic E-state index is 12.0. The van der Waals surface area contributed by atoms with Gasteiger partial charge < -0.3 is 9.47 Å². The first kappa shape index (κ1) is 16.6. The number of carbonyl (C=O) groups is 1. The Morgan fingerprint density at radius 1 is 1.04 bits per heavy atom. The molecule has 0 saturated heterocycles. The van der Waals surface area contributed by atoms with Crippen molar-refractivity contribution in [3.8, 4) is 17.4 Å². The zero-order chi connectivity index (χ0) is 17.3. The van der Waals surface area contributed by atoms with Gasteiger partial charge in [-0.1, -0.05) is 0 Å². The SMILES string of the molecule is O=C(Oc1ncn(-c2ccc(OC(F)(F)F)cc2)n1)C(F)(F)F. The molecule has 0 N–H and O–H groups in total. The van der Waals surface area contributed by atoms with Crippen LogP contribution in [0.25, 0.3) is 5.69 Å². The van der Waals surface area contributed by atoms with Gasteiger partial charge in [0.2, 0.25) is 0 Å². The van der Waals surface area contributed by atoms with Crippen LogP contribution in [0, 0.1) is 0 Å². The molecule has 124 valence electrons. The van der Waals surface area contributed by atoms with Crippen LogP contribution in [-0.4, -0.2) is 33.3 Å². The fraction of sp³-hybridized carbons (Fsp3) is 0.182. The van der Waals surface area contributed by atoms with Crippen molar-refractivity contribution >= 4 is 5.97 Å². The lowest BCUT2D eigenvalue weighted by Crippen LogP contribution is -2.28. The van der Waals surface area contributed by atoms with E-state index in [4.69, 9.17) is 0 Å².